The van der Waals surface area contributed by atoms with Crippen molar-refractivity contribution in [2.24, 2.45) is 0 Å². The maximum absolute atomic E-state index is 12.5. The molecule has 2 rings (SSSR count). The van der Waals surface area contributed by atoms with Crippen LogP contribution in [0.3, 0.4) is 0 Å². The fraction of sp³-hybridized carbons (Fsp3) is 0.235. The third-order valence-electron chi connectivity index (χ3n) is 3.35. The summed E-state index contributed by atoms with van der Waals surface area (Å²) in [6.07, 6.45) is 3.65. The van der Waals surface area contributed by atoms with Crippen molar-refractivity contribution in [1.29, 1.82) is 0 Å². The van der Waals surface area contributed by atoms with Crippen molar-refractivity contribution in [2.75, 3.05) is 6.61 Å². The van der Waals surface area contributed by atoms with E-state index in [1.54, 1.807) is 31.2 Å². The number of aliphatic carboxylic acids is 1. The Hall–Kier alpha value is -2.12. The van der Waals surface area contributed by atoms with Crippen molar-refractivity contribution in [2.45, 2.75) is 19.4 Å². The molecule has 1 heterocycles. The number of carboxylic acid groups (broad SMARTS) is 1. The van der Waals surface area contributed by atoms with Crippen LogP contribution in [0.2, 0.25) is 0 Å². The van der Waals surface area contributed by atoms with Crippen LogP contribution < -0.4 is 4.74 Å². The predicted molar refractivity (Wildman–Crippen MR) is 98.9 cm³/mol. The lowest BCUT2D eigenvalue weighted by atomic mass is 10.1. The lowest BCUT2D eigenvalue weighted by molar-refractivity contribution is -0.145. The number of thiocarbonyl (C=S) groups is 1. The molecule has 0 aliphatic carbocycles. The number of amides is 1. The first-order valence-corrected chi connectivity index (χ1v) is 8.54. The van der Waals surface area contributed by atoms with Crippen molar-refractivity contribution in [3.63, 3.8) is 0 Å². The molecule has 0 saturated carbocycles. The van der Waals surface area contributed by atoms with Gasteiger partial charge in [0.05, 0.1) is 4.91 Å². The zero-order chi connectivity index (χ0) is 17.7. The van der Waals surface area contributed by atoms with Gasteiger partial charge in [0.15, 0.2) is 0 Å². The summed E-state index contributed by atoms with van der Waals surface area (Å²) in [7, 11) is 0. The van der Waals surface area contributed by atoms with E-state index in [1.165, 1.54) is 4.90 Å². The van der Waals surface area contributed by atoms with Crippen molar-refractivity contribution < 1.29 is 19.4 Å². The number of carbonyl (C=O) groups excluding carboxylic acids is 1. The number of carbonyl (C=O) groups is 2. The van der Waals surface area contributed by atoms with E-state index in [0.717, 1.165) is 17.3 Å². The van der Waals surface area contributed by atoms with E-state index in [-0.39, 0.29) is 10.2 Å². The molecule has 1 atom stereocenters. The van der Waals surface area contributed by atoms with Gasteiger partial charge in [-0.25, -0.2) is 4.79 Å². The van der Waals surface area contributed by atoms with Gasteiger partial charge in [-0.15, -0.1) is 0 Å². The number of benzene rings is 1. The maximum atomic E-state index is 12.5. The predicted octanol–water partition coefficient (Wildman–Crippen LogP) is 3.32. The summed E-state index contributed by atoms with van der Waals surface area (Å²) < 4.78 is 5.67. The minimum Gasteiger partial charge on any atom is -0.490 e. The molecule has 0 radical (unpaired) electrons. The Labute approximate surface area is 150 Å². The molecule has 0 aromatic heterocycles. The average Bonchev–Trinajstić information content (AvgIpc) is 2.82. The molecule has 24 heavy (non-hydrogen) atoms. The third-order valence-corrected chi connectivity index (χ3v) is 4.68. The Morgan fingerprint density at radius 2 is 2.12 bits per heavy atom. The molecule has 0 bridgehead atoms. The van der Waals surface area contributed by atoms with Crippen LogP contribution in [0.1, 0.15) is 18.9 Å². The summed E-state index contributed by atoms with van der Waals surface area (Å²) in [5, 5.41) is 9.24. The standard InChI is InChI=1S/C17H17NO4S2/c1-3-9-22-12-7-5-11(6-8-12)10-14-15(19)18(17(23)24-14)13(4-2)16(20)21/h3,5-8,10,13H,1,4,9H2,2H3,(H,20,21). The summed E-state index contributed by atoms with van der Waals surface area (Å²) in [6, 6.07) is 6.29. The number of thioether (sulfide) groups is 1. The minimum atomic E-state index is -1.06. The van der Waals surface area contributed by atoms with E-state index in [4.69, 9.17) is 17.0 Å². The van der Waals surface area contributed by atoms with Gasteiger partial charge in [0.1, 0.15) is 22.7 Å². The second-order valence-corrected chi connectivity index (χ2v) is 6.66. The van der Waals surface area contributed by atoms with E-state index in [1.807, 2.05) is 12.1 Å². The molecule has 1 unspecified atom stereocenters. The largest absolute Gasteiger partial charge is 0.490 e. The highest BCUT2D eigenvalue weighted by Gasteiger charge is 2.39. The monoisotopic (exact) mass is 363 g/mol. The first kappa shape index (κ1) is 18.2. The van der Waals surface area contributed by atoms with Gasteiger partial charge < -0.3 is 9.84 Å². The first-order valence-electron chi connectivity index (χ1n) is 7.31. The smallest absolute Gasteiger partial charge is 0.326 e. The molecular weight excluding hydrogens is 346 g/mol. The molecule has 1 aromatic carbocycles. The number of hydrogen-bond donors (Lipinski definition) is 1. The van der Waals surface area contributed by atoms with Crippen LogP contribution >= 0.6 is 24.0 Å². The highest BCUT2D eigenvalue weighted by Crippen LogP contribution is 2.34. The minimum absolute atomic E-state index is 0.270. The number of rotatable bonds is 7. The van der Waals surface area contributed by atoms with E-state index in [9.17, 15) is 14.7 Å². The highest BCUT2D eigenvalue weighted by molar-refractivity contribution is 8.26. The highest BCUT2D eigenvalue weighted by atomic mass is 32.2. The van der Waals surface area contributed by atoms with Gasteiger partial charge in [-0.05, 0) is 30.2 Å². The summed E-state index contributed by atoms with van der Waals surface area (Å²) >= 11 is 6.29. The Balaban J connectivity index is 2.19. The Bertz CT molecular complexity index is 697. The van der Waals surface area contributed by atoms with Gasteiger partial charge in [0.25, 0.3) is 5.91 Å². The molecule has 5 nitrogen and oxygen atoms in total. The van der Waals surface area contributed by atoms with Crippen LogP contribution in [0, 0.1) is 0 Å². The lowest BCUT2D eigenvalue weighted by Crippen LogP contribution is -2.43. The first-order chi connectivity index (χ1) is 11.5. The third kappa shape index (κ3) is 4.04. The van der Waals surface area contributed by atoms with E-state index in [2.05, 4.69) is 6.58 Å². The van der Waals surface area contributed by atoms with Crippen molar-refractivity contribution >= 4 is 46.3 Å². The van der Waals surface area contributed by atoms with Gasteiger partial charge in [-0.2, -0.15) is 0 Å². The van der Waals surface area contributed by atoms with Crippen LogP contribution in [0.5, 0.6) is 5.75 Å². The average molecular weight is 363 g/mol. The Morgan fingerprint density at radius 1 is 1.46 bits per heavy atom. The molecule has 1 N–H and O–H groups in total. The maximum Gasteiger partial charge on any atom is 0.326 e. The lowest BCUT2D eigenvalue weighted by Gasteiger charge is -2.21. The molecule has 1 aliphatic rings. The number of carboxylic acids is 1. The second-order valence-electron chi connectivity index (χ2n) is 4.98. The number of hydrogen-bond acceptors (Lipinski definition) is 5. The fourth-order valence-electron chi connectivity index (χ4n) is 2.18. The zero-order valence-electron chi connectivity index (χ0n) is 13.1. The van der Waals surface area contributed by atoms with E-state index < -0.39 is 12.0 Å². The quantitative estimate of drug-likeness (QED) is 0.455. The Kier molecular flexibility index (Phi) is 6.16. The van der Waals surface area contributed by atoms with Crippen LogP contribution in [-0.4, -0.2) is 38.9 Å². The molecule has 1 aromatic rings. The van der Waals surface area contributed by atoms with E-state index >= 15 is 0 Å². The van der Waals surface area contributed by atoms with Crippen molar-refractivity contribution in [3.05, 3.63) is 47.4 Å². The molecule has 1 aliphatic heterocycles. The van der Waals surface area contributed by atoms with Gasteiger partial charge in [0, 0.05) is 0 Å². The van der Waals surface area contributed by atoms with Gasteiger partial charge in [-0.3, -0.25) is 9.69 Å². The van der Waals surface area contributed by atoms with Crippen molar-refractivity contribution in [3.8, 4) is 5.75 Å². The van der Waals surface area contributed by atoms with Crippen LogP contribution in [0.25, 0.3) is 6.08 Å². The molecule has 126 valence electrons. The number of ether oxygens (including phenoxy) is 1. The SMILES string of the molecule is C=CCOc1ccc(C=C2SC(=S)N(C(CC)C(=O)O)C2=O)cc1. The molecule has 1 fully saturated rings. The molecular formula is C17H17NO4S2. The van der Waals surface area contributed by atoms with Crippen LogP contribution in [0.4, 0.5) is 0 Å². The van der Waals surface area contributed by atoms with Gasteiger partial charge in [-0.1, -0.05) is 55.7 Å². The van der Waals surface area contributed by atoms with E-state index in [0.29, 0.717) is 23.7 Å². The molecule has 1 amide bonds. The summed E-state index contributed by atoms with van der Waals surface area (Å²) in [5.41, 5.74) is 0.810. The zero-order valence-corrected chi connectivity index (χ0v) is 14.7. The van der Waals surface area contributed by atoms with Gasteiger partial charge in [0.2, 0.25) is 0 Å². The summed E-state index contributed by atoms with van der Waals surface area (Å²) in [5.74, 6) is -0.721. The summed E-state index contributed by atoms with van der Waals surface area (Å²) in [4.78, 5) is 25.4. The Morgan fingerprint density at radius 3 is 2.67 bits per heavy atom. The van der Waals surface area contributed by atoms with Crippen LogP contribution in [-0.2, 0) is 9.59 Å². The molecule has 7 heteroatoms. The molecule has 0 spiro atoms. The molecule has 1 saturated heterocycles. The summed E-state index contributed by atoms with van der Waals surface area (Å²) in [6.45, 7) is 5.72. The van der Waals surface area contributed by atoms with Gasteiger partial charge >= 0.3 is 5.97 Å². The normalized spacial score (nSPS) is 17.2. The number of nitrogens with zero attached hydrogens (tertiary/aromatic N) is 1. The fourth-order valence-corrected chi connectivity index (χ4v) is 3.54. The topological polar surface area (TPSA) is 66.8 Å². The van der Waals surface area contributed by atoms with Crippen LogP contribution in [0.15, 0.2) is 41.8 Å². The second kappa shape index (κ2) is 8.12. The van der Waals surface area contributed by atoms with Crippen molar-refractivity contribution in [1.82, 2.24) is 4.90 Å².